The first-order chi connectivity index (χ1) is 10.1. The lowest BCUT2D eigenvalue weighted by molar-refractivity contribution is -0.675. The molecule has 0 radical (unpaired) electrons. The van der Waals surface area contributed by atoms with E-state index in [0.717, 1.165) is 19.4 Å². The highest BCUT2D eigenvalue weighted by Crippen LogP contribution is 2.16. The molecule has 1 heterocycles. The molecule has 1 atom stereocenters. The molecule has 0 saturated carbocycles. The first-order valence-corrected chi connectivity index (χ1v) is 7.13. The first kappa shape index (κ1) is 15.3. The van der Waals surface area contributed by atoms with Crippen LogP contribution in [0.1, 0.15) is 31.4 Å². The van der Waals surface area contributed by atoms with Crippen molar-refractivity contribution in [3.05, 3.63) is 48.3 Å². The van der Waals surface area contributed by atoms with Gasteiger partial charge in [0.2, 0.25) is 0 Å². The van der Waals surface area contributed by atoms with Crippen LogP contribution in [0.3, 0.4) is 0 Å². The van der Waals surface area contributed by atoms with Gasteiger partial charge < -0.3 is 9.84 Å². The maximum atomic E-state index is 12.1. The van der Waals surface area contributed by atoms with Crippen molar-refractivity contribution in [2.45, 2.75) is 32.4 Å². The molecule has 0 amide bonds. The number of rotatable bonds is 6. The van der Waals surface area contributed by atoms with Gasteiger partial charge in [-0.15, -0.1) is 0 Å². The molecule has 5 heteroatoms. The van der Waals surface area contributed by atoms with Crippen molar-refractivity contribution in [3.8, 4) is 6.01 Å². The average Bonchev–Trinajstić information content (AvgIpc) is 2.86. The number of aliphatic hydroxyl groups excluding tert-OH is 1. The van der Waals surface area contributed by atoms with Gasteiger partial charge in [0.25, 0.3) is 0 Å². The lowest BCUT2D eigenvalue weighted by Gasteiger charge is -2.09. The van der Waals surface area contributed by atoms with Crippen molar-refractivity contribution in [3.63, 3.8) is 0 Å². The monoisotopic (exact) mass is 289 g/mol. The number of carbonyl (C=O) groups excluding carboxylic acids is 1. The second-order valence-electron chi connectivity index (χ2n) is 4.97. The second-order valence-corrected chi connectivity index (χ2v) is 4.97. The van der Waals surface area contributed by atoms with Crippen LogP contribution >= 0.6 is 0 Å². The first-order valence-electron chi connectivity index (χ1n) is 7.13. The van der Waals surface area contributed by atoms with Crippen LogP contribution in [0.15, 0.2) is 42.7 Å². The van der Waals surface area contributed by atoms with E-state index in [1.165, 1.54) is 0 Å². The van der Waals surface area contributed by atoms with Crippen LogP contribution in [-0.4, -0.2) is 15.6 Å². The fourth-order valence-corrected chi connectivity index (χ4v) is 2.06. The molecule has 1 aromatic carbocycles. The van der Waals surface area contributed by atoms with E-state index in [1.807, 2.05) is 23.0 Å². The van der Waals surface area contributed by atoms with Crippen molar-refractivity contribution in [2.24, 2.45) is 7.05 Å². The summed E-state index contributed by atoms with van der Waals surface area (Å²) in [5, 5.41) is 10.1. The summed E-state index contributed by atoms with van der Waals surface area (Å²) in [5.74, 6) is -0.673. The van der Waals surface area contributed by atoms with Gasteiger partial charge in [-0.25, -0.2) is 4.79 Å². The molecule has 0 saturated heterocycles. The maximum absolute atomic E-state index is 12.1. The predicted molar refractivity (Wildman–Crippen MR) is 77.6 cm³/mol. The number of aromatic nitrogens is 2. The van der Waals surface area contributed by atoms with Crippen molar-refractivity contribution < 1.29 is 19.2 Å². The standard InChI is InChI=1S/C16H21N2O3/c1-3-4-10-18-12-11-17(2)16(18)21-15(20)14(19)13-8-6-5-7-9-13/h5-9,11-12,14,19H,3-4,10H2,1-2H3/q+1. The Balaban J connectivity index is 2.11. The molecule has 0 spiro atoms. The van der Waals surface area contributed by atoms with Gasteiger partial charge in [-0.2, -0.15) is 9.13 Å². The third kappa shape index (κ3) is 3.70. The number of carbonyl (C=O) groups is 1. The lowest BCUT2D eigenvalue weighted by atomic mass is 10.1. The number of unbranched alkanes of at least 4 members (excludes halogenated alkanes) is 1. The van der Waals surface area contributed by atoms with Crippen LogP contribution in [0.5, 0.6) is 6.01 Å². The summed E-state index contributed by atoms with van der Waals surface area (Å²) in [7, 11) is 1.81. The molecule has 0 aliphatic rings. The number of ether oxygens (including phenoxy) is 1. The zero-order valence-corrected chi connectivity index (χ0v) is 12.4. The van der Waals surface area contributed by atoms with Crippen molar-refractivity contribution in [1.29, 1.82) is 0 Å². The quantitative estimate of drug-likeness (QED) is 0.651. The molecule has 2 aromatic rings. The Morgan fingerprint density at radius 3 is 2.76 bits per heavy atom. The Kier molecular flexibility index (Phi) is 5.11. The Morgan fingerprint density at radius 1 is 1.38 bits per heavy atom. The summed E-state index contributed by atoms with van der Waals surface area (Å²) in [6, 6.07) is 9.20. The number of imidazole rings is 1. The van der Waals surface area contributed by atoms with E-state index in [0.29, 0.717) is 11.6 Å². The second kappa shape index (κ2) is 7.04. The van der Waals surface area contributed by atoms with Gasteiger partial charge in [-0.3, -0.25) is 0 Å². The zero-order chi connectivity index (χ0) is 15.2. The Bertz CT molecular complexity index is 593. The summed E-state index contributed by atoms with van der Waals surface area (Å²) < 4.78 is 8.97. The van der Waals surface area contributed by atoms with Crippen LogP contribution in [0.2, 0.25) is 0 Å². The van der Waals surface area contributed by atoms with Gasteiger partial charge >= 0.3 is 12.0 Å². The summed E-state index contributed by atoms with van der Waals surface area (Å²) in [6.45, 7) is 2.88. The SMILES string of the molecule is CCCCn1cc[n+](C)c1OC(=O)C(O)c1ccccc1. The van der Waals surface area contributed by atoms with Crippen molar-refractivity contribution in [2.75, 3.05) is 0 Å². The van der Waals surface area contributed by atoms with Crippen molar-refractivity contribution in [1.82, 2.24) is 4.57 Å². The largest absolute Gasteiger partial charge is 0.463 e. The highest BCUT2D eigenvalue weighted by Gasteiger charge is 2.25. The topological polar surface area (TPSA) is 55.3 Å². The van der Waals surface area contributed by atoms with Gasteiger partial charge in [0.05, 0.1) is 13.6 Å². The number of aliphatic hydroxyl groups is 1. The minimum Gasteiger partial charge on any atom is -0.377 e. The molecule has 1 N–H and O–H groups in total. The molecule has 0 aliphatic carbocycles. The predicted octanol–water partition coefficient (Wildman–Crippen LogP) is 1.75. The smallest absolute Gasteiger partial charge is 0.377 e. The third-order valence-corrected chi connectivity index (χ3v) is 3.30. The summed E-state index contributed by atoms with van der Waals surface area (Å²) >= 11 is 0. The summed E-state index contributed by atoms with van der Waals surface area (Å²) in [6.07, 6.45) is 4.48. The average molecular weight is 289 g/mol. The molecular weight excluding hydrogens is 268 g/mol. The molecule has 21 heavy (non-hydrogen) atoms. The molecule has 0 aliphatic heterocycles. The van der Waals surface area contributed by atoms with Gasteiger partial charge in [0.15, 0.2) is 6.10 Å². The maximum Gasteiger partial charge on any atom is 0.463 e. The number of aryl methyl sites for hydroxylation is 2. The van der Waals surface area contributed by atoms with Gasteiger partial charge in [-0.1, -0.05) is 43.7 Å². The van der Waals surface area contributed by atoms with E-state index in [4.69, 9.17) is 4.74 Å². The normalized spacial score (nSPS) is 12.1. The van der Waals surface area contributed by atoms with E-state index in [9.17, 15) is 9.90 Å². The molecule has 2 rings (SSSR count). The van der Waals surface area contributed by atoms with Crippen LogP contribution in [0, 0.1) is 0 Å². The highest BCUT2D eigenvalue weighted by atomic mass is 16.6. The number of hydrogen-bond acceptors (Lipinski definition) is 3. The van der Waals surface area contributed by atoms with Gasteiger partial charge in [0.1, 0.15) is 12.4 Å². The summed E-state index contributed by atoms with van der Waals surface area (Å²) in [4.78, 5) is 12.1. The summed E-state index contributed by atoms with van der Waals surface area (Å²) in [5.41, 5.74) is 0.525. The van der Waals surface area contributed by atoms with Gasteiger partial charge in [0, 0.05) is 0 Å². The van der Waals surface area contributed by atoms with Crippen LogP contribution < -0.4 is 9.30 Å². The Hall–Kier alpha value is -2.14. The molecule has 112 valence electrons. The molecule has 5 nitrogen and oxygen atoms in total. The van der Waals surface area contributed by atoms with E-state index >= 15 is 0 Å². The zero-order valence-electron chi connectivity index (χ0n) is 12.4. The van der Waals surface area contributed by atoms with Crippen LogP contribution in [0.25, 0.3) is 0 Å². The minimum absolute atomic E-state index is 0.434. The van der Waals surface area contributed by atoms with Crippen LogP contribution in [0.4, 0.5) is 0 Å². The highest BCUT2D eigenvalue weighted by molar-refractivity contribution is 5.77. The Labute approximate surface area is 124 Å². The number of nitrogens with zero attached hydrogens (tertiary/aromatic N) is 2. The third-order valence-electron chi connectivity index (χ3n) is 3.30. The molecule has 0 bridgehead atoms. The van der Waals surface area contributed by atoms with Crippen molar-refractivity contribution >= 4 is 5.97 Å². The molecule has 1 aromatic heterocycles. The van der Waals surface area contributed by atoms with Gasteiger partial charge in [-0.05, 0) is 12.0 Å². The Morgan fingerprint density at radius 2 is 2.10 bits per heavy atom. The number of hydrogen-bond donors (Lipinski definition) is 1. The fraction of sp³-hybridized carbons (Fsp3) is 0.375. The van der Waals surface area contributed by atoms with E-state index in [-0.39, 0.29) is 0 Å². The van der Waals surface area contributed by atoms with Crippen LogP contribution in [-0.2, 0) is 18.4 Å². The van der Waals surface area contributed by atoms with E-state index in [1.54, 1.807) is 35.9 Å². The number of esters is 1. The molecule has 1 unspecified atom stereocenters. The van der Waals surface area contributed by atoms with E-state index < -0.39 is 12.1 Å². The van der Waals surface area contributed by atoms with E-state index in [2.05, 4.69) is 6.92 Å². The minimum atomic E-state index is -1.28. The molecular formula is C16H21N2O3+. The lowest BCUT2D eigenvalue weighted by Crippen LogP contribution is -2.32. The fourth-order valence-electron chi connectivity index (χ4n) is 2.06. The number of benzene rings is 1. The molecule has 0 fully saturated rings.